The van der Waals surface area contributed by atoms with Crippen LogP contribution >= 0.6 is 11.8 Å². The van der Waals surface area contributed by atoms with Gasteiger partial charge in [0.2, 0.25) is 5.91 Å². The van der Waals surface area contributed by atoms with Crippen molar-refractivity contribution in [3.63, 3.8) is 0 Å². The standard InChI is InChI=1S/C17H21NOS/c1-4-6-13(5-2)11-17(19)18-10-9-14-12-15(20-3)7-8-16(14)18/h5-8,12H,2,4,9-11H2,1,3H3/b13-6-. The highest BCUT2D eigenvalue weighted by Gasteiger charge is 2.24. The Kier molecular flexibility index (Phi) is 5.07. The summed E-state index contributed by atoms with van der Waals surface area (Å²) in [6, 6.07) is 6.36. The van der Waals surface area contributed by atoms with Crippen LogP contribution in [-0.4, -0.2) is 18.7 Å². The van der Waals surface area contributed by atoms with Gasteiger partial charge in [0.15, 0.2) is 0 Å². The third kappa shape index (κ3) is 3.15. The molecule has 1 aromatic rings. The fraction of sp³-hybridized carbons (Fsp3) is 0.353. The van der Waals surface area contributed by atoms with E-state index >= 15 is 0 Å². The van der Waals surface area contributed by atoms with Crippen LogP contribution in [0.1, 0.15) is 25.3 Å². The Morgan fingerprint density at radius 2 is 2.30 bits per heavy atom. The molecule has 1 heterocycles. The molecule has 0 fully saturated rings. The second kappa shape index (κ2) is 6.80. The van der Waals surface area contributed by atoms with E-state index in [4.69, 9.17) is 0 Å². The Morgan fingerprint density at radius 1 is 1.50 bits per heavy atom. The van der Waals surface area contributed by atoms with Crippen molar-refractivity contribution in [3.8, 4) is 0 Å². The van der Waals surface area contributed by atoms with Gasteiger partial charge in [-0.1, -0.05) is 25.7 Å². The Morgan fingerprint density at radius 3 is 2.95 bits per heavy atom. The van der Waals surface area contributed by atoms with Gasteiger partial charge in [-0.25, -0.2) is 0 Å². The van der Waals surface area contributed by atoms with E-state index in [2.05, 4.69) is 44.0 Å². The summed E-state index contributed by atoms with van der Waals surface area (Å²) in [6.07, 6.45) is 8.26. The zero-order chi connectivity index (χ0) is 14.5. The monoisotopic (exact) mass is 287 g/mol. The van der Waals surface area contributed by atoms with Crippen LogP contribution in [-0.2, 0) is 11.2 Å². The molecular formula is C17H21NOS. The van der Waals surface area contributed by atoms with Gasteiger partial charge in [-0.3, -0.25) is 4.79 Å². The maximum absolute atomic E-state index is 12.4. The van der Waals surface area contributed by atoms with E-state index in [1.165, 1.54) is 10.5 Å². The first kappa shape index (κ1) is 14.9. The van der Waals surface area contributed by atoms with Gasteiger partial charge in [-0.2, -0.15) is 0 Å². The molecule has 2 nitrogen and oxygen atoms in total. The second-order valence-electron chi connectivity index (χ2n) is 4.86. The number of hydrogen-bond donors (Lipinski definition) is 0. The van der Waals surface area contributed by atoms with Crippen molar-refractivity contribution >= 4 is 23.4 Å². The molecule has 20 heavy (non-hydrogen) atoms. The number of amides is 1. The molecular weight excluding hydrogens is 266 g/mol. The van der Waals surface area contributed by atoms with Gasteiger partial charge in [0.1, 0.15) is 0 Å². The fourth-order valence-electron chi connectivity index (χ4n) is 2.52. The summed E-state index contributed by atoms with van der Waals surface area (Å²) >= 11 is 1.74. The lowest BCUT2D eigenvalue weighted by Gasteiger charge is -2.18. The molecule has 2 rings (SSSR count). The van der Waals surface area contributed by atoms with E-state index in [1.807, 2.05) is 4.90 Å². The third-order valence-corrected chi connectivity index (χ3v) is 4.29. The number of hydrogen-bond acceptors (Lipinski definition) is 2. The number of carbonyl (C=O) groups excluding carboxylic acids is 1. The second-order valence-corrected chi connectivity index (χ2v) is 5.74. The zero-order valence-electron chi connectivity index (χ0n) is 12.2. The normalized spacial score (nSPS) is 14.3. The molecule has 0 aromatic heterocycles. The number of fused-ring (bicyclic) bond motifs is 1. The molecule has 0 N–H and O–H groups in total. The van der Waals surface area contributed by atoms with Crippen LogP contribution in [0.4, 0.5) is 5.69 Å². The van der Waals surface area contributed by atoms with Crippen LogP contribution in [0.15, 0.2) is 47.4 Å². The van der Waals surface area contributed by atoms with Crippen LogP contribution in [0, 0.1) is 0 Å². The Balaban J connectivity index is 2.15. The zero-order valence-corrected chi connectivity index (χ0v) is 13.0. The first-order valence-electron chi connectivity index (χ1n) is 6.98. The molecule has 0 aliphatic carbocycles. The van der Waals surface area contributed by atoms with Crippen LogP contribution in [0.5, 0.6) is 0 Å². The van der Waals surface area contributed by atoms with Crippen LogP contribution in [0.3, 0.4) is 0 Å². The van der Waals surface area contributed by atoms with Gasteiger partial charge in [-0.15, -0.1) is 11.8 Å². The summed E-state index contributed by atoms with van der Waals surface area (Å²) in [6.45, 7) is 6.65. The highest BCUT2D eigenvalue weighted by molar-refractivity contribution is 7.98. The topological polar surface area (TPSA) is 20.3 Å². The van der Waals surface area contributed by atoms with Crippen molar-refractivity contribution < 1.29 is 4.79 Å². The van der Waals surface area contributed by atoms with Gasteiger partial charge in [-0.05, 0) is 48.4 Å². The molecule has 1 aliphatic rings. The predicted molar refractivity (Wildman–Crippen MR) is 87.5 cm³/mol. The Hall–Kier alpha value is -1.48. The van der Waals surface area contributed by atoms with E-state index < -0.39 is 0 Å². The lowest BCUT2D eigenvalue weighted by atomic mass is 10.1. The van der Waals surface area contributed by atoms with E-state index in [1.54, 1.807) is 17.8 Å². The van der Waals surface area contributed by atoms with E-state index in [9.17, 15) is 4.79 Å². The predicted octanol–water partition coefficient (Wildman–Crippen LogP) is 4.21. The number of anilines is 1. The van der Waals surface area contributed by atoms with Gasteiger partial charge in [0, 0.05) is 17.1 Å². The van der Waals surface area contributed by atoms with Gasteiger partial charge >= 0.3 is 0 Å². The number of benzene rings is 1. The molecule has 3 heteroatoms. The van der Waals surface area contributed by atoms with E-state index in [0.29, 0.717) is 6.42 Å². The molecule has 0 saturated heterocycles. The average molecular weight is 287 g/mol. The number of nitrogens with zero attached hydrogens (tertiary/aromatic N) is 1. The minimum Gasteiger partial charge on any atom is -0.312 e. The van der Waals surface area contributed by atoms with E-state index in [0.717, 1.165) is 30.6 Å². The molecule has 0 spiro atoms. The lowest BCUT2D eigenvalue weighted by molar-refractivity contribution is -0.117. The van der Waals surface area contributed by atoms with Crippen molar-refractivity contribution in [2.45, 2.75) is 31.1 Å². The number of allylic oxidation sites excluding steroid dienone is 2. The molecule has 0 bridgehead atoms. The highest BCUT2D eigenvalue weighted by atomic mass is 32.2. The minimum atomic E-state index is 0.167. The third-order valence-electron chi connectivity index (χ3n) is 3.57. The minimum absolute atomic E-state index is 0.167. The summed E-state index contributed by atoms with van der Waals surface area (Å²) < 4.78 is 0. The quantitative estimate of drug-likeness (QED) is 0.597. The summed E-state index contributed by atoms with van der Waals surface area (Å²) in [7, 11) is 0. The summed E-state index contributed by atoms with van der Waals surface area (Å²) in [5, 5.41) is 0. The summed E-state index contributed by atoms with van der Waals surface area (Å²) in [4.78, 5) is 15.6. The maximum atomic E-state index is 12.4. The number of rotatable bonds is 5. The smallest absolute Gasteiger partial charge is 0.231 e. The first-order valence-corrected chi connectivity index (χ1v) is 8.20. The molecule has 0 radical (unpaired) electrons. The van der Waals surface area contributed by atoms with Gasteiger partial charge in [0.05, 0.1) is 6.42 Å². The fourth-order valence-corrected chi connectivity index (χ4v) is 2.99. The van der Waals surface area contributed by atoms with Crippen molar-refractivity contribution in [1.82, 2.24) is 0 Å². The molecule has 0 unspecified atom stereocenters. The average Bonchev–Trinajstić information content (AvgIpc) is 2.89. The lowest BCUT2D eigenvalue weighted by Crippen LogP contribution is -2.28. The van der Waals surface area contributed by atoms with Gasteiger partial charge in [0.25, 0.3) is 0 Å². The number of carbonyl (C=O) groups is 1. The molecule has 0 atom stereocenters. The molecule has 1 amide bonds. The molecule has 1 aliphatic heterocycles. The van der Waals surface area contributed by atoms with Crippen molar-refractivity contribution in [1.29, 1.82) is 0 Å². The van der Waals surface area contributed by atoms with Crippen molar-refractivity contribution in [2.75, 3.05) is 17.7 Å². The SMILES string of the molecule is C=C/C(=C/CC)CC(=O)N1CCc2cc(SC)ccc21. The van der Waals surface area contributed by atoms with Crippen molar-refractivity contribution in [3.05, 3.63) is 48.1 Å². The van der Waals surface area contributed by atoms with Gasteiger partial charge < -0.3 is 4.90 Å². The largest absolute Gasteiger partial charge is 0.312 e. The maximum Gasteiger partial charge on any atom is 0.231 e. The highest BCUT2D eigenvalue weighted by Crippen LogP contribution is 2.32. The van der Waals surface area contributed by atoms with E-state index in [-0.39, 0.29) is 5.91 Å². The summed E-state index contributed by atoms with van der Waals surface area (Å²) in [5.41, 5.74) is 3.38. The Bertz CT molecular complexity index is 548. The molecule has 0 saturated carbocycles. The van der Waals surface area contributed by atoms with Crippen LogP contribution in [0.2, 0.25) is 0 Å². The molecule has 106 valence electrons. The van der Waals surface area contributed by atoms with Crippen LogP contribution in [0.25, 0.3) is 0 Å². The summed E-state index contributed by atoms with van der Waals surface area (Å²) in [5.74, 6) is 0.167. The first-order chi connectivity index (χ1) is 9.69. The number of thioether (sulfide) groups is 1. The van der Waals surface area contributed by atoms with Crippen LogP contribution < -0.4 is 4.90 Å². The van der Waals surface area contributed by atoms with Crippen molar-refractivity contribution in [2.24, 2.45) is 0 Å². The molecule has 1 aromatic carbocycles. The Labute approximate surface area is 125 Å².